The lowest BCUT2D eigenvalue weighted by Gasteiger charge is -2.10. The maximum absolute atomic E-state index is 12.6. The zero-order valence-electron chi connectivity index (χ0n) is 15.3. The second-order valence-electron chi connectivity index (χ2n) is 6.11. The number of amides is 1. The molecule has 2 aromatic heterocycles. The van der Waals surface area contributed by atoms with Crippen LogP contribution in [0.2, 0.25) is 0 Å². The first-order chi connectivity index (χ1) is 13.7. The average Bonchev–Trinajstić information content (AvgIpc) is 3.32. The maximum atomic E-state index is 12.6. The molecule has 1 N–H and O–H groups in total. The summed E-state index contributed by atoms with van der Waals surface area (Å²) in [5.41, 5.74) is 1.71. The van der Waals surface area contributed by atoms with Crippen molar-refractivity contribution in [1.29, 1.82) is 0 Å². The molecule has 0 saturated heterocycles. The number of ether oxygens (including phenoxy) is 1. The number of carbonyl (C=O) groups excluding carboxylic acids is 1. The predicted octanol–water partition coefficient (Wildman–Crippen LogP) is 3.67. The van der Waals surface area contributed by atoms with Gasteiger partial charge in [-0.1, -0.05) is 48.6 Å². The molecule has 0 unspecified atom stereocenters. The van der Waals surface area contributed by atoms with E-state index in [-0.39, 0.29) is 19.1 Å². The highest BCUT2D eigenvalue weighted by Crippen LogP contribution is 2.19. The van der Waals surface area contributed by atoms with Crippen molar-refractivity contribution >= 4 is 33.4 Å². The molecule has 0 bridgehead atoms. The number of hydrogen-bond acceptors (Lipinski definition) is 6. The molecule has 2 heterocycles. The van der Waals surface area contributed by atoms with E-state index in [1.807, 2.05) is 66.1 Å². The Morgan fingerprint density at radius 1 is 1.11 bits per heavy atom. The minimum absolute atomic E-state index is 0.120. The van der Waals surface area contributed by atoms with Crippen LogP contribution in [0.15, 0.2) is 54.6 Å². The molecular formula is C20H19N5O2S. The van der Waals surface area contributed by atoms with Crippen molar-refractivity contribution in [2.75, 3.05) is 5.32 Å². The van der Waals surface area contributed by atoms with E-state index in [9.17, 15) is 4.79 Å². The molecule has 1 amide bonds. The summed E-state index contributed by atoms with van der Waals surface area (Å²) in [6.45, 7) is 2.39. The maximum Gasteiger partial charge on any atom is 0.246 e. The largest absolute Gasteiger partial charge is 0.486 e. The molecular weight excluding hydrogens is 374 g/mol. The van der Waals surface area contributed by atoms with Gasteiger partial charge in [0, 0.05) is 0 Å². The molecule has 0 aliphatic heterocycles. The third-order valence-corrected chi connectivity index (χ3v) is 5.15. The number of carbonyl (C=O) groups is 1. The Morgan fingerprint density at radius 3 is 2.68 bits per heavy atom. The molecule has 7 nitrogen and oxygen atoms in total. The van der Waals surface area contributed by atoms with Crippen molar-refractivity contribution in [3.05, 3.63) is 65.4 Å². The van der Waals surface area contributed by atoms with Crippen LogP contribution < -0.4 is 10.1 Å². The molecule has 4 rings (SSSR count). The number of nitrogens with zero attached hydrogens (tertiary/aromatic N) is 4. The highest BCUT2D eigenvalue weighted by atomic mass is 32.1. The van der Waals surface area contributed by atoms with Gasteiger partial charge < -0.3 is 9.30 Å². The molecule has 0 radical (unpaired) electrons. The Balaban J connectivity index is 1.54. The van der Waals surface area contributed by atoms with Crippen LogP contribution in [0.1, 0.15) is 17.8 Å². The fourth-order valence-electron chi connectivity index (χ4n) is 2.83. The molecule has 8 heteroatoms. The molecule has 0 aliphatic rings. The van der Waals surface area contributed by atoms with Gasteiger partial charge in [-0.2, -0.15) is 0 Å². The van der Waals surface area contributed by atoms with Crippen molar-refractivity contribution in [3.63, 3.8) is 0 Å². The molecule has 2 aromatic carbocycles. The molecule has 0 aliphatic carbocycles. The smallest absolute Gasteiger partial charge is 0.246 e. The lowest BCUT2D eigenvalue weighted by molar-refractivity contribution is -0.116. The van der Waals surface area contributed by atoms with E-state index in [4.69, 9.17) is 4.74 Å². The minimum Gasteiger partial charge on any atom is -0.486 e. The summed E-state index contributed by atoms with van der Waals surface area (Å²) < 4.78 is 7.72. The van der Waals surface area contributed by atoms with Crippen LogP contribution in [0.25, 0.3) is 11.0 Å². The number of benzene rings is 2. The Hall–Kier alpha value is -3.26. The quantitative estimate of drug-likeness (QED) is 0.518. The second-order valence-corrected chi connectivity index (χ2v) is 7.17. The SMILES string of the molecule is CCc1nnc(NC(=O)Cn2c(COc3ccccc3)nc3ccccc32)s1. The monoisotopic (exact) mass is 393 g/mol. The van der Waals surface area contributed by atoms with Crippen LogP contribution in [0.4, 0.5) is 5.13 Å². The Morgan fingerprint density at radius 2 is 1.89 bits per heavy atom. The van der Waals surface area contributed by atoms with Gasteiger partial charge in [-0.05, 0) is 30.7 Å². The van der Waals surface area contributed by atoms with E-state index in [2.05, 4.69) is 20.5 Å². The number of fused-ring (bicyclic) bond motifs is 1. The molecule has 0 spiro atoms. The van der Waals surface area contributed by atoms with E-state index >= 15 is 0 Å². The van der Waals surface area contributed by atoms with Crippen molar-refractivity contribution in [3.8, 4) is 5.75 Å². The minimum atomic E-state index is -0.178. The first kappa shape index (κ1) is 18.1. The van der Waals surface area contributed by atoms with Gasteiger partial charge in [-0.15, -0.1) is 10.2 Å². The number of imidazole rings is 1. The van der Waals surface area contributed by atoms with Gasteiger partial charge in [0.05, 0.1) is 11.0 Å². The summed E-state index contributed by atoms with van der Waals surface area (Å²) in [4.78, 5) is 17.2. The number of aryl methyl sites for hydroxylation is 1. The zero-order valence-corrected chi connectivity index (χ0v) is 16.1. The Bertz CT molecular complexity index is 1090. The molecule has 4 aromatic rings. The van der Waals surface area contributed by atoms with Gasteiger partial charge in [-0.25, -0.2) is 4.98 Å². The lowest BCUT2D eigenvalue weighted by Crippen LogP contribution is -2.20. The van der Waals surface area contributed by atoms with E-state index in [1.54, 1.807) is 0 Å². The number of para-hydroxylation sites is 3. The van der Waals surface area contributed by atoms with Crippen LogP contribution in [-0.4, -0.2) is 25.7 Å². The van der Waals surface area contributed by atoms with Crippen molar-refractivity contribution < 1.29 is 9.53 Å². The van der Waals surface area contributed by atoms with E-state index < -0.39 is 0 Å². The Labute approximate surface area is 166 Å². The highest BCUT2D eigenvalue weighted by molar-refractivity contribution is 7.15. The van der Waals surface area contributed by atoms with Gasteiger partial charge in [0.25, 0.3) is 0 Å². The Kier molecular flexibility index (Phi) is 5.29. The number of aromatic nitrogens is 4. The summed E-state index contributed by atoms with van der Waals surface area (Å²) in [7, 11) is 0. The summed E-state index contributed by atoms with van der Waals surface area (Å²) in [5.74, 6) is 1.26. The number of rotatable bonds is 7. The molecule has 0 fully saturated rings. The summed E-state index contributed by atoms with van der Waals surface area (Å²) in [6, 6.07) is 17.3. The number of hydrogen-bond donors (Lipinski definition) is 1. The zero-order chi connectivity index (χ0) is 19.3. The summed E-state index contributed by atoms with van der Waals surface area (Å²) in [5, 5.41) is 12.2. The van der Waals surface area contributed by atoms with Gasteiger partial charge in [0.1, 0.15) is 29.7 Å². The van der Waals surface area contributed by atoms with E-state index in [0.717, 1.165) is 28.2 Å². The highest BCUT2D eigenvalue weighted by Gasteiger charge is 2.15. The fourth-order valence-corrected chi connectivity index (χ4v) is 3.52. The number of anilines is 1. The van der Waals surface area contributed by atoms with Crippen LogP contribution >= 0.6 is 11.3 Å². The molecule has 0 atom stereocenters. The summed E-state index contributed by atoms with van der Waals surface area (Å²) >= 11 is 1.39. The van der Waals surface area contributed by atoms with Gasteiger partial charge in [0.15, 0.2) is 0 Å². The van der Waals surface area contributed by atoms with Crippen molar-refractivity contribution in [2.24, 2.45) is 0 Å². The van der Waals surface area contributed by atoms with Crippen LogP contribution in [0, 0.1) is 0 Å². The molecule has 28 heavy (non-hydrogen) atoms. The molecule has 0 saturated carbocycles. The van der Waals surface area contributed by atoms with Crippen molar-refractivity contribution in [1.82, 2.24) is 19.7 Å². The third-order valence-electron chi connectivity index (χ3n) is 4.16. The second kappa shape index (κ2) is 8.18. The summed E-state index contributed by atoms with van der Waals surface area (Å²) in [6.07, 6.45) is 0.792. The van der Waals surface area contributed by atoms with Gasteiger partial charge in [-0.3, -0.25) is 10.1 Å². The van der Waals surface area contributed by atoms with Crippen molar-refractivity contribution in [2.45, 2.75) is 26.5 Å². The standard InChI is InChI=1S/C20H19N5O2S/c1-2-19-23-24-20(28-19)22-18(26)12-25-16-11-7-6-10-15(16)21-17(25)13-27-14-8-4-3-5-9-14/h3-11H,2,12-13H2,1H3,(H,22,24,26). The van der Waals surface area contributed by atoms with Crippen LogP contribution in [0.5, 0.6) is 5.75 Å². The number of nitrogens with one attached hydrogen (secondary N) is 1. The molecule has 142 valence electrons. The van der Waals surface area contributed by atoms with E-state index in [0.29, 0.717) is 11.0 Å². The normalized spacial score (nSPS) is 10.9. The topological polar surface area (TPSA) is 81.9 Å². The third kappa shape index (κ3) is 4.01. The van der Waals surface area contributed by atoms with Crippen LogP contribution in [-0.2, 0) is 24.4 Å². The van der Waals surface area contributed by atoms with Gasteiger partial charge >= 0.3 is 0 Å². The first-order valence-electron chi connectivity index (χ1n) is 8.97. The van der Waals surface area contributed by atoms with E-state index in [1.165, 1.54) is 11.3 Å². The lowest BCUT2D eigenvalue weighted by atomic mass is 10.3. The predicted molar refractivity (Wildman–Crippen MR) is 108 cm³/mol. The average molecular weight is 393 g/mol. The van der Waals surface area contributed by atoms with Crippen LogP contribution in [0.3, 0.4) is 0 Å². The first-order valence-corrected chi connectivity index (χ1v) is 9.79. The fraction of sp³-hybridized carbons (Fsp3) is 0.200. The van der Waals surface area contributed by atoms with Gasteiger partial charge in [0.2, 0.25) is 11.0 Å².